The van der Waals surface area contributed by atoms with Crippen molar-refractivity contribution in [1.82, 2.24) is 5.43 Å². The van der Waals surface area contributed by atoms with Crippen molar-refractivity contribution in [3.8, 4) is 11.5 Å². The van der Waals surface area contributed by atoms with Gasteiger partial charge in [0.1, 0.15) is 0 Å². The molecule has 126 valence electrons. The van der Waals surface area contributed by atoms with Crippen LogP contribution < -0.4 is 14.9 Å². The number of carbonyl (C=O) groups is 1. The summed E-state index contributed by atoms with van der Waals surface area (Å²) in [5.41, 5.74) is 3.75. The Labute approximate surface area is 159 Å². The molecule has 0 aliphatic carbocycles. The molecule has 5 nitrogen and oxygen atoms in total. The monoisotopic (exact) mass is 458 g/mol. The lowest BCUT2D eigenvalue weighted by atomic mass is 10.2. The van der Waals surface area contributed by atoms with Gasteiger partial charge in [-0.15, -0.1) is 0 Å². The van der Waals surface area contributed by atoms with E-state index in [-0.39, 0.29) is 5.91 Å². The van der Waals surface area contributed by atoms with Gasteiger partial charge in [0.05, 0.1) is 23.5 Å². The molecule has 0 aliphatic rings. The number of rotatable bonds is 6. The van der Waals surface area contributed by atoms with Gasteiger partial charge in [-0.05, 0) is 71.5 Å². The highest BCUT2D eigenvalue weighted by molar-refractivity contribution is 14.1. The van der Waals surface area contributed by atoms with Gasteiger partial charge < -0.3 is 9.47 Å². The van der Waals surface area contributed by atoms with E-state index in [1.165, 1.54) is 0 Å². The molecular formula is C17H16ClIN2O3. The Morgan fingerprint density at radius 1 is 1.33 bits per heavy atom. The summed E-state index contributed by atoms with van der Waals surface area (Å²) in [7, 11) is 1.60. The third-order valence-electron chi connectivity index (χ3n) is 3.02. The largest absolute Gasteiger partial charge is 0.492 e. The average Bonchev–Trinajstić information content (AvgIpc) is 2.55. The minimum absolute atomic E-state index is 0.309. The lowest BCUT2D eigenvalue weighted by molar-refractivity contribution is 0.0955. The minimum atomic E-state index is -0.309. The first kappa shape index (κ1) is 18.5. The molecule has 0 saturated heterocycles. The Kier molecular flexibility index (Phi) is 6.86. The molecule has 0 unspecified atom stereocenters. The van der Waals surface area contributed by atoms with Crippen LogP contribution in [0.4, 0.5) is 0 Å². The Hall–Kier alpha value is -1.80. The first-order valence-electron chi connectivity index (χ1n) is 7.14. The average molecular weight is 459 g/mol. The molecular weight excluding hydrogens is 443 g/mol. The highest BCUT2D eigenvalue weighted by Gasteiger charge is 2.10. The zero-order chi connectivity index (χ0) is 17.5. The molecule has 0 heterocycles. The number of benzene rings is 2. The summed E-state index contributed by atoms with van der Waals surface area (Å²) >= 11 is 7.96. The Balaban J connectivity index is 2.11. The van der Waals surface area contributed by atoms with E-state index in [1.54, 1.807) is 37.6 Å². The van der Waals surface area contributed by atoms with Crippen LogP contribution in [0.1, 0.15) is 22.8 Å². The Morgan fingerprint density at radius 3 is 2.67 bits per heavy atom. The summed E-state index contributed by atoms with van der Waals surface area (Å²) in [6.07, 6.45) is 1.55. The van der Waals surface area contributed by atoms with Crippen LogP contribution in [0.3, 0.4) is 0 Å². The van der Waals surface area contributed by atoms with Gasteiger partial charge in [-0.1, -0.05) is 11.6 Å². The highest BCUT2D eigenvalue weighted by atomic mass is 127. The maximum atomic E-state index is 12.0. The molecule has 0 spiro atoms. The van der Waals surface area contributed by atoms with Gasteiger partial charge in [-0.2, -0.15) is 5.10 Å². The normalized spacial score (nSPS) is 10.7. The Morgan fingerprint density at radius 2 is 2.04 bits per heavy atom. The van der Waals surface area contributed by atoms with Gasteiger partial charge in [0, 0.05) is 10.6 Å². The number of carbonyl (C=O) groups excluding carboxylic acids is 1. The summed E-state index contributed by atoms with van der Waals surface area (Å²) in [4.78, 5) is 12.0. The molecule has 7 heteroatoms. The molecule has 0 aromatic heterocycles. The van der Waals surface area contributed by atoms with E-state index in [4.69, 9.17) is 21.1 Å². The lowest BCUT2D eigenvalue weighted by Crippen LogP contribution is -2.17. The summed E-state index contributed by atoms with van der Waals surface area (Å²) in [6, 6.07) is 10.3. The molecule has 0 bridgehead atoms. The third-order valence-corrected chi connectivity index (χ3v) is 4.08. The van der Waals surface area contributed by atoms with Crippen LogP contribution >= 0.6 is 34.2 Å². The van der Waals surface area contributed by atoms with Crippen molar-refractivity contribution in [1.29, 1.82) is 0 Å². The summed E-state index contributed by atoms with van der Waals surface area (Å²) in [5.74, 6) is 1.01. The summed E-state index contributed by atoms with van der Waals surface area (Å²) < 4.78 is 11.8. The van der Waals surface area contributed by atoms with Crippen LogP contribution in [0.25, 0.3) is 0 Å². The minimum Gasteiger partial charge on any atom is -0.492 e. The number of ether oxygens (including phenoxy) is 2. The van der Waals surface area contributed by atoms with Crippen LogP contribution in [0.5, 0.6) is 11.5 Å². The number of hydrazone groups is 1. The molecule has 24 heavy (non-hydrogen) atoms. The van der Waals surface area contributed by atoms with E-state index in [0.29, 0.717) is 28.7 Å². The number of nitrogens with zero attached hydrogens (tertiary/aromatic N) is 1. The number of methoxy groups -OCH3 is 1. The molecule has 0 radical (unpaired) electrons. The van der Waals surface area contributed by atoms with Crippen molar-refractivity contribution in [3.63, 3.8) is 0 Å². The van der Waals surface area contributed by atoms with Crippen molar-refractivity contribution in [2.75, 3.05) is 13.7 Å². The number of hydrogen-bond acceptors (Lipinski definition) is 4. The van der Waals surface area contributed by atoms with Gasteiger partial charge in [0.25, 0.3) is 5.91 Å². The van der Waals surface area contributed by atoms with Gasteiger partial charge in [-0.25, -0.2) is 5.43 Å². The van der Waals surface area contributed by atoms with Gasteiger partial charge in [0.2, 0.25) is 0 Å². The van der Waals surface area contributed by atoms with E-state index >= 15 is 0 Å². The molecule has 0 fully saturated rings. The first-order valence-corrected chi connectivity index (χ1v) is 8.60. The van der Waals surface area contributed by atoms with Crippen LogP contribution in [0.15, 0.2) is 41.5 Å². The number of amides is 1. The second-order valence-electron chi connectivity index (χ2n) is 4.67. The van der Waals surface area contributed by atoms with Gasteiger partial charge in [-0.3, -0.25) is 4.79 Å². The zero-order valence-corrected chi connectivity index (χ0v) is 16.1. The van der Waals surface area contributed by atoms with E-state index in [2.05, 4.69) is 33.1 Å². The van der Waals surface area contributed by atoms with Gasteiger partial charge in [0.15, 0.2) is 11.5 Å². The smallest absolute Gasteiger partial charge is 0.271 e. The zero-order valence-electron chi connectivity index (χ0n) is 13.2. The molecule has 2 aromatic carbocycles. The summed E-state index contributed by atoms with van der Waals surface area (Å²) in [6.45, 7) is 2.43. The first-order chi connectivity index (χ1) is 11.5. The maximum Gasteiger partial charge on any atom is 0.271 e. The van der Waals surface area contributed by atoms with E-state index in [0.717, 1.165) is 9.13 Å². The van der Waals surface area contributed by atoms with Crippen molar-refractivity contribution in [2.24, 2.45) is 5.10 Å². The fourth-order valence-electron chi connectivity index (χ4n) is 1.95. The van der Waals surface area contributed by atoms with Crippen molar-refractivity contribution < 1.29 is 14.3 Å². The fourth-order valence-corrected chi connectivity index (χ4v) is 2.93. The van der Waals surface area contributed by atoms with Crippen molar-refractivity contribution in [3.05, 3.63) is 56.1 Å². The standard InChI is InChI=1S/C17H16ClIN2O3/c1-3-24-15-9-11(8-14(19)16(15)23-2)10-20-21-17(22)12-4-6-13(18)7-5-12/h4-10H,3H2,1-2H3,(H,21,22)/b20-10-. The molecule has 1 N–H and O–H groups in total. The SMILES string of the molecule is CCOc1cc(/C=N\NC(=O)c2ccc(Cl)cc2)cc(I)c1OC. The van der Waals surface area contributed by atoms with Crippen molar-refractivity contribution >= 4 is 46.3 Å². The van der Waals surface area contributed by atoms with Crippen molar-refractivity contribution in [2.45, 2.75) is 6.92 Å². The summed E-state index contributed by atoms with van der Waals surface area (Å²) in [5, 5.41) is 4.56. The number of nitrogens with one attached hydrogen (secondary N) is 1. The second kappa shape index (κ2) is 8.89. The lowest BCUT2D eigenvalue weighted by Gasteiger charge is -2.11. The molecule has 0 aliphatic heterocycles. The van der Waals surface area contributed by atoms with Crippen LogP contribution in [0, 0.1) is 3.57 Å². The second-order valence-corrected chi connectivity index (χ2v) is 6.27. The topological polar surface area (TPSA) is 59.9 Å². The number of hydrogen-bond donors (Lipinski definition) is 1. The van der Waals surface area contributed by atoms with E-state index < -0.39 is 0 Å². The van der Waals surface area contributed by atoms with Crippen LogP contribution in [-0.2, 0) is 0 Å². The highest BCUT2D eigenvalue weighted by Crippen LogP contribution is 2.33. The predicted octanol–water partition coefficient (Wildman–Crippen LogP) is 4.12. The van der Waals surface area contributed by atoms with Crippen LogP contribution in [-0.4, -0.2) is 25.8 Å². The van der Waals surface area contributed by atoms with E-state index in [1.807, 2.05) is 19.1 Å². The Bertz CT molecular complexity index is 748. The number of halogens is 2. The predicted molar refractivity (Wildman–Crippen MR) is 103 cm³/mol. The maximum absolute atomic E-state index is 12.0. The third kappa shape index (κ3) is 4.85. The quantitative estimate of drug-likeness (QED) is 0.402. The van der Waals surface area contributed by atoms with Gasteiger partial charge >= 0.3 is 0 Å². The van der Waals surface area contributed by atoms with Crippen LogP contribution in [0.2, 0.25) is 5.02 Å². The molecule has 2 aromatic rings. The molecule has 0 saturated carbocycles. The molecule has 1 amide bonds. The molecule has 2 rings (SSSR count). The molecule has 0 atom stereocenters. The van der Waals surface area contributed by atoms with E-state index in [9.17, 15) is 4.79 Å². The fraction of sp³-hybridized carbons (Fsp3) is 0.176.